The van der Waals surface area contributed by atoms with Crippen LogP contribution in [0.1, 0.15) is 33.4 Å². The maximum Gasteiger partial charge on any atom is 0.137 e. The van der Waals surface area contributed by atoms with E-state index in [4.69, 9.17) is 0 Å². The van der Waals surface area contributed by atoms with Crippen molar-refractivity contribution in [3.05, 3.63) is 410 Å². The second kappa shape index (κ2) is 32.5. The summed E-state index contributed by atoms with van der Waals surface area (Å²) in [6, 6.07) is 120. The number of aryl methyl sites for hydroxylation is 6. The van der Waals surface area contributed by atoms with Crippen molar-refractivity contribution < 1.29 is 0 Å². The predicted octanol–water partition coefficient (Wildman–Crippen LogP) is 25.3. The zero-order valence-corrected chi connectivity index (χ0v) is 58.3. The van der Waals surface area contributed by atoms with Gasteiger partial charge in [0.05, 0.1) is 11.9 Å². The van der Waals surface area contributed by atoms with E-state index in [2.05, 4.69) is 370 Å². The van der Waals surface area contributed by atoms with E-state index >= 15 is 0 Å². The number of rotatable bonds is 18. The first-order valence-corrected chi connectivity index (χ1v) is 34.3. The van der Waals surface area contributed by atoms with Gasteiger partial charge in [0.25, 0.3) is 0 Å². The minimum atomic E-state index is 0.845. The summed E-state index contributed by atoms with van der Waals surface area (Å²) < 4.78 is 0. The van der Waals surface area contributed by atoms with Gasteiger partial charge in [0, 0.05) is 104 Å². The third-order valence-electron chi connectivity index (χ3n) is 17.4. The molecule has 0 N–H and O–H groups in total. The fourth-order valence-electron chi connectivity index (χ4n) is 12.1. The molecule has 11 aromatic carbocycles. The van der Waals surface area contributed by atoms with Crippen molar-refractivity contribution in [3.63, 3.8) is 0 Å². The van der Waals surface area contributed by atoms with Crippen LogP contribution in [-0.4, -0.2) is 19.9 Å². The molecular weight excluding hydrogens is 1250 g/mol. The Morgan fingerprint density at radius 3 is 0.549 bits per heavy atom. The Bertz CT molecular complexity index is 4500. The van der Waals surface area contributed by atoms with Crippen LogP contribution in [0.3, 0.4) is 0 Å². The highest BCUT2D eigenvalue weighted by atomic mass is 15.2. The largest absolute Gasteiger partial charge is 0.311 e. The van der Waals surface area contributed by atoms with Gasteiger partial charge in [-0.25, -0.2) is 15.0 Å². The Morgan fingerprint density at radius 1 is 0.157 bits per heavy atom. The van der Waals surface area contributed by atoms with Crippen LogP contribution in [0.2, 0.25) is 0 Å². The summed E-state index contributed by atoms with van der Waals surface area (Å²) in [5, 5.41) is 0. The summed E-state index contributed by atoms with van der Waals surface area (Å²) in [6.45, 7) is 12.7. The van der Waals surface area contributed by atoms with Crippen molar-refractivity contribution in [2.75, 3.05) is 29.4 Å². The maximum absolute atomic E-state index is 4.62. The Morgan fingerprint density at radius 2 is 0.343 bits per heavy atom. The molecule has 0 unspecified atom stereocenters. The lowest BCUT2D eigenvalue weighted by atomic mass is 10.1. The van der Waals surface area contributed by atoms with Crippen LogP contribution in [-0.2, 0) is 0 Å². The number of nitrogens with zero attached hydrogens (tertiary/aromatic N) is 10. The molecule has 0 spiro atoms. The van der Waals surface area contributed by atoms with E-state index in [1.54, 1.807) is 6.20 Å². The van der Waals surface area contributed by atoms with Crippen LogP contribution in [0.5, 0.6) is 0 Å². The molecule has 0 aliphatic rings. The van der Waals surface area contributed by atoms with Gasteiger partial charge in [-0.1, -0.05) is 161 Å². The summed E-state index contributed by atoms with van der Waals surface area (Å²) in [7, 11) is 0. The summed E-state index contributed by atoms with van der Waals surface area (Å²) in [6.07, 6.45) is 9.09. The molecule has 0 bridgehead atoms. The number of aromatic nitrogens is 4. The predicted molar refractivity (Wildman–Crippen MR) is 427 cm³/mol. The van der Waals surface area contributed by atoms with E-state index in [0.717, 1.165) is 103 Å². The van der Waals surface area contributed by atoms with Crippen LogP contribution in [0.25, 0.3) is 0 Å². The zero-order chi connectivity index (χ0) is 70.0. The Kier molecular flexibility index (Phi) is 21.4. The van der Waals surface area contributed by atoms with E-state index in [1.165, 1.54) is 33.4 Å². The van der Waals surface area contributed by atoms with Gasteiger partial charge < -0.3 is 14.7 Å². The molecule has 15 aromatic rings. The Hall–Kier alpha value is -13.2. The van der Waals surface area contributed by atoms with Crippen LogP contribution in [0, 0.1) is 41.5 Å². The van der Waals surface area contributed by atoms with Crippen LogP contribution >= 0.6 is 0 Å². The third-order valence-corrected chi connectivity index (χ3v) is 17.4. The van der Waals surface area contributed by atoms with Crippen LogP contribution < -0.4 is 29.4 Å². The molecule has 0 radical (unpaired) electrons. The number of anilines is 18. The number of para-hydroxylation sites is 2. The number of benzene rings is 11. The van der Waals surface area contributed by atoms with Gasteiger partial charge >= 0.3 is 0 Å². The molecule has 10 heteroatoms. The molecule has 102 heavy (non-hydrogen) atoms. The maximum atomic E-state index is 4.62. The second-order valence-corrected chi connectivity index (χ2v) is 25.0. The van der Waals surface area contributed by atoms with Crippen molar-refractivity contribution >= 4 is 103 Å². The molecule has 0 amide bonds. The highest BCUT2D eigenvalue weighted by Gasteiger charge is 2.21. The van der Waals surface area contributed by atoms with Gasteiger partial charge in [-0.05, 0) is 260 Å². The van der Waals surface area contributed by atoms with Crippen molar-refractivity contribution in [2.24, 2.45) is 0 Å². The average molecular weight is 1330 g/mol. The summed E-state index contributed by atoms with van der Waals surface area (Å²) >= 11 is 0. The molecule has 0 saturated heterocycles. The molecule has 0 fully saturated rings. The lowest BCUT2D eigenvalue weighted by Crippen LogP contribution is -2.13. The topological polar surface area (TPSA) is 71.0 Å². The second-order valence-electron chi connectivity index (χ2n) is 25.0. The quantitative estimate of drug-likeness (QED) is 0.0830. The van der Waals surface area contributed by atoms with Gasteiger partial charge in [-0.2, -0.15) is 0 Å². The molecule has 0 atom stereocenters. The highest BCUT2D eigenvalue weighted by molar-refractivity contribution is 5.84. The first-order chi connectivity index (χ1) is 50.1. The van der Waals surface area contributed by atoms with Crippen LogP contribution in [0.15, 0.2) is 377 Å². The molecule has 498 valence electrons. The van der Waals surface area contributed by atoms with Crippen molar-refractivity contribution in [1.82, 2.24) is 19.9 Å². The zero-order valence-electron chi connectivity index (χ0n) is 58.3. The first kappa shape index (κ1) is 67.4. The van der Waals surface area contributed by atoms with Gasteiger partial charge in [-0.15, -0.1) is 0 Å². The van der Waals surface area contributed by atoms with Gasteiger partial charge in [-0.3, -0.25) is 19.7 Å². The minimum absolute atomic E-state index is 0.845. The fourth-order valence-corrected chi connectivity index (χ4v) is 12.1. The lowest BCUT2D eigenvalue weighted by molar-refractivity contribution is 1.16. The molecule has 10 nitrogen and oxygen atoms in total. The minimum Gasteiger partial charge on any atom is -0.311 e. The van der Waals surface area contributed by atoms with Crippen molar-refractivity contribution in [1.29, 1.82) is 0 Å². The first-order valence-electron chi connectivity index (χ1n) is 34.3. The van der Waals surface area contributed by atoms with E-state index < -0.39 is 0 Å². The summed E-state index contributed by atoms with van der Waals surface area (Å²) in [5.74, 6) is 2.59. The highest BCUT2D eigenvalue weighted by Crippen LogP contribution is 2.43. The molecular formula is C92H80N10. The van der Waals surface area contributed by atoms with Crippen LogP contribution in [0.4, 0.5) is 103 Å². The molecule has 0 aliphatic carbocycles. The van der Waals surface area contributed by atoms with Gasteiger partial charge in [0.1, 0.15) is 17.5 Å². The SMILES string of the molecule is Cc1ccc(N(c2ccc(C)cc2)c2ccc(N(c3cccnc3)c3ccccn3)cc2)cc1.Cc1ccc(N(c2ccc(N(c3ccc(C)cc3)c3ccccn3)cc2)c2ccccn2)cc1.Cc1ccc(N(c2ccccc2)c2ccc(N(c3ccccc3)c3ccc(C)cc3)cc2)cc1. The van der Waals surface area contributed by atoms with E-state index in [1.807, 2.05) is 91.5 Å². The lowest BCUT2D eigenvalue weighted by Gasteiger charge is -2.28. The van der Waals surface area contributed by atoms with E-state index in [-0.39, 0.29) is 0 Å². The molecule has 0 aliphatic heterocycles. The smallest absolute Gasteiger partial charge is 0.137 e. The van der Waals surface area contributed by atoms with Gasteiger partial charge in [0.15, 0.2) is 0 Å². The van der Waals surface area contributed by atoms with Gasteiger partial charge in [0.2, 0.25) is 0 Å². The number of hydrogen-bond donors (Lipinski definition) is 0. The normalized spacial score (nSPS) is 10.6. The monoisotopic (exact) mass is 1320 g/mol. The molecule has 4 heterocycles. The Labute approximate surface area is 600 Å². The number of hydrogen-bond acceptors (Lipinski definition) is 10. The molecule has 0 saturated carbocycles. The van der Waals surface area contributed by atoms with E-state index in [0.29, 0.717) is 0 Å². The summed E-state index contributed by atoms with van der Waals surface area (Å²) in [4.78, 5) is 31.5. The standard InChI is InChI=1S/C32H28N2.2C30H26N4/c1-25-13-17-29(18-14-25)33(27-9-5-3-6-10-27)31-21-23-32(24-22-31)34(28-11-7-4-8-12-28)30-19-15-26(2)16-20-30;1-23-9-13-25(14-10-23)33(29-7-3-5-21-31-29)27-17-19-28(20-18-27)34(30-8-4-6-22-32-30)26-15-11-24(2)12-16-26;1-23-8-12-25(13-9-23)33(26-14-10-24(2)11-15-26)27-16-18-28(19-17-27)34(29-6-5-20-31-22-29)30-7-3-4-21-32-30/h3-24H,1-2H3;2*3-22H,1-2H3. The molecule has 15 rings (SSSR count). The van der Waals surface area contributed by atoms with Crippen molar-refractivity contribution in [2.45, 2.75) is 41.5 Å². The Balaban J connectivity index is 0.000000137. The summed E-state index contributed by atoms with van der Waals surface area (Å²) in [5.41, 5.74) is 23.8. The number of pyridine rings is 4. The fraction of sp³-hybridized carbons (Fsp3) is 0.0652. The molecule has 4 aromatic heterocycles. The average Bonchev–Trinajstić information content (AvgIpc) is 0.831. The van der Waals surface area contributed by atoms with Crippen molar-refractivity contribution in [3.8, 4) is 0 Å². The third kappa shape index (κ3) is 16.5. The van der Waals surface area contributed by atoms with E-state index in [9.17, 15) is 0 Å².